The molecule has 132 valence electrons. The van der Waals surface area contributed by atoms with E-state index in [-0.39, 0.29) is 24.8 Å². The number of benzene rings is 1. The number of halogens is 2. The molecular formula is C16H14Cl2N2O5. The summed E-state index contributed by atoms with van der Waals surface area (Å²) < 4.78 is 10.6. The highest BCUT2D eigenvalue weighted by Crippen LogP contribution is 2.33. The number of carbonyl (C=O) groups excluding carboxylic acids is 1. The van der Waals surface area contributed by atoms with Crippen LogP contribution in [0.3, 0.4) is 0 Å². The van der Waals surface area contributed by atoms with Crippen LogP contribution in [0.5, 0.6) is 5.75 Å². The van der Waals surface area contributed by atoms with Gasteiger partial charge in [0.15, 0.2) is 17.2 Å². The highest BCUT2D eigenvalue weighted by molar-refractivity contribution is 6.37. The normalized spacial score (nSPS) is 16.9. The predicted molar refractivity (Wildman–Crippen MR) is 88.9 cm³/mol. The van der Waals surface area contributed by atoms with Crippen molar-refractivity contribution < 1.29 is 24.0 Å². The SMILES string of the molecule is O=C(O)[C@H]1CCN(C(=O)c2cc(COc3c(Cl)cccc3Cl)on2)C1. The molecule has 1 fully saturated rings. The maximum Gasteiger partial charge on any atom is 0.308 e. The lowest BCUT2D eigenvalue weighted by atomic mass is 10.1. The van der Waals surface area contributed by atoms with Gasteiger partial charge < -0.3 is 19.3 Å². The third-order valence-corrected chi connectivity index (χ3v) is 4.48. The second-order valence-electron chi connectivity index (χ2n) is 5.59. The van der Waals surface area contributed by atoms with Crippen LogP contribution < -0.4 is 4.74 Å². The second-order valence-corrected chi connectivity index (χ2v) is 6.41. The van der Waals surface area contributed by atoms with Crippen molar-refractivity contribution in [2.24, 2.45) is 5.92 Å². The molecule has 1 aliphatic heterocycles. The summed E-state index contributed by atoms with van der Waals surface area (Å²) in [7, 11) is 0. The molecule has 1 amide bonds. The van der Waals surface area contributed by atoms with E-state index in [1.54, 1.807) is 18.2 Å². The van der Waals surface area contributed by atoms with Crippen LogP contribution in [0.15, 0.2) is 28.8 Å². The van der Waals surface area contributed by atoms with Crippen LogP contribution in [0.25, 0.3) is 0 Å². The number of ether oxygens (including phenoxy) is 1. The van der Waals surface area contributed by atoms with Crippen molar-refractivity contribution in [3.8, 4) is 5.75 Å². The minimum Gasteiger partial charge on any atom is -0.482 e. The monoisotopic (exact) mass is 384 g/mol. The lowest BCUT2D eigenvalue weighted by Crippen LogP contribution is -2.30. The lowest BCUT2D eigenvalue weighted by molar-refractivity contribution is -0.141. The Morgan fingerprint density at radius 2 is 2.08 bits per heavy atom. The van der Waals surface area contributed by atoms with Gasteiger partial charge in [0.05, 0.1) is 16.0 Å². The Morgan fingerprint density at radius 3 is 2.72 bits per heavy atom. The second kappa shape index (κ2) is 7.33. The lowest BCUT2D eigenvalue weighted by Gasteiger charge is -2.13. The fourth-order valence-corrected chi connectivity index (χ4v) is 3.06. The van der Waals surface area contributed by atoms with Crippen LogP contribution in [0.1, 0.15) is 22.7 Å². The summed E-state index contributed by atoms with van der Waals surface area (Å²) in [6, 6.07) is 6.44. The Bertz CT molecular complexity index is 787. The highest BCUT2D eigenvalue weighted by Gasteiger charge is 2.32. The van der Waals surface area contributed by atoms with Gasteiger partial charge in [-0.15, -0.1) is 0 Å². The first-order valence-corrected chi connectivity index (χ1v) is 8.26. The summed E-state index contributed by atoms with van der Waals surface area (Å²) in [5, 5.41) is 13.5. The van der Waals surface area contributed by atoms with E-state index in [0.29, 0.717) is 34.5 Å². The van der Waals surface area contributed by atoms with Crippen molar-refractivity contribution in [3.63, 3.8) is 0 Å². The van der Waals surface area contributed by atoms with Crippen molar-refractivity contribution in [1.82, 2.24) is 10.1 Å². The number of nitrogens with zero attached hydrogens (tertiary/aromatic N) is 2. The zero-order valence-electron chi connectivity index (χ0n) is 12.9. The molecule has 3 rings (SSSR count). The first-order valence-electron chi connectivity index (χ1n) is 7.50. The van der Waals surface area contributed by atoms with Gasteiger partial charge in [-0.05, 0) is 18.6 Å². The van der Waals surface area contributed by atoms with E-state index in [2.05, 4.69) is 5.16 Å². The van der Waals surface area contributed by atoms with Gasteiger partial charge in [-0.2, -0.15) is 0 Å². The van der Waals surface area contributed by atoms with Gasteiger partial charge >= 0.3 is 5.97 Å². The highest BCUT2D eigenvalue weighted by atomic mass is 35.5. The zero-order valence-corrected chi connectivity index (χ0v) is 14.5. The van der Waals surface area contributed by atoms with Crippen LogP contribution in [-0.4, -0.2) is 40.1 Å². The fourth-order valence-electron chi connectivity index (χ4n) is 2.55. The zero-order chi connectivity index (χ0) is 18.0. The van der Waals surface area contributed by atoms with Crippen molar-refractivity contribution in [2.45, 2.75) is 13.0 Å². The Balaban J connectivity index is 1.63. The van der Waals surface area contributed by atoms with Gasteiger partial charge in [-0.25, -0.2) is 0 Å². The smallest absolute Gasteiger partial charge is 0.308 e. The average molecular weight is 385 g/mol. The first kappa shape index (κ1) is 17.6. The Labute approximate surface area is 153 Å². The number of rotatable bonds is 5. The average Bonchev–Trinajstić information content (AvgIpc) is 3.23. The fraction of sp³-hybridized carbons (Fsp3) is 0.312. The number of aliphatic carboxylic acids is 1. The van der Waals surface area contributed by atoms with Crippen LogP contribution >= 0.6 is 23.2 Å². The summed E-state index contributed by atoms with van der Waals surface area (Å²) in [4.78, 5) is 24.8. The first-order chi connectivity index (χ1) is 12.0. The number of hydrogen-bond acceptors (Lipinski definition) is 5. The number of carboxylic acid groups (broad SMARTS) is 1. The minimum atomic E-state index is -0.902. The Morgan fingerprint density at radius 1 is 1.36 bits per heavy atom. The van der Waals surface area contributed by atoms with Gasteiger partial charge in [-0.3, -0.25) is 9.59 Å². The Kier molecular flexibility index (Phi) is 5.15. The quantitative estimate of drug-likeness (QED) is 0.850. The number of likely N-dealkylation sites (tertiary alicyclic amines) is 1. The molecule has 1 N–H and O–H groups in total. The molecule has 0 saturated carbocycles. The predicted octanol–water partition coefficient (Wildman–Crippen LogP) is 3.11. The summed E-state index contributed by atoms with van der Waals surface area (Å²) in [5.74, 6) is -1.16. The number of para-hydroxylation sites is 1. The van der Waals surface area contributed by atoms with E-state index in [9.17, 15) is 9.59 Å². The van der Waals surface area contributed by atoms with Crippen LogP contribution in [-0.2, 0) is 11.4 Å². The summed E-state index contributed by atoms with van der Waals surface area (Å²) >= 11 is 12.0. The van der Waals surface area contributed by atoms with Gasteiger partial charge in [0.2, 0.25) is 0 Å². The van der Waals surface area contributed by atoms with E-state index in [0.717, 1.165) is 0 Å². The van der Waals surface area contributed by atoms with E-state index in [1.165, 1.54) is 11.0 Å². The number of hydrogen-bond donors (Lipinski definition) is 1. The summed E-state index contributed by atoms with van der Waals surface area (Å²) in [6.07, 6.45) is 0.430. The molecule has 1 atom stereocenters. The maximum atomic E-state index is 12.3. The van der Waals surface area contributed by atoms with E-state index < -0.39 is 11.9 Å². The molecule has 25 heavy (non-hydrogen) atoms. The largest absolute Gasteiger partial charge is 0.482 e. The standard InChI is InChI=1S/C16H14Cl2N2O5/c17-11-2-1-3-12(18)14(11)24-8-10-6-13(19-25-10)15(21)20-5-4-9(7-20)16(22)23/h1-3,6,9H,4-5,7-8H2,(H,22,23)/t9-/m0/s1. The molecule has 1 aromatic carbocycles. The third-order valence-electron chi connectivity index (χ3n) is 3.88. The van der Waals surface area contributed by atoms with Gasteiger partial charge in [0, 0.05) is 19.2 Å². The molecule has 0 spiro atoms. The van der Waals surface area contributed by atoms with Gasteiger partial charge in [0.1, 0.15) is 6.61 Å². The molecule has 2 heterocycles. The number of carboxylic acids is 1. The number of amides is 1. The van der Waals surface area contributed by atoms with Crippen LogP contribution in [0.4, 0.5) is 0 Å². The molecule has 0 aliphatic carbocycles. The number of aromatic nitrogens is 1. The van der Waals surface area contributed by atoms with E-state index in [4.69, 9.17) is 37.6 Å². The molecule has 9 heteroatoms. The molecule has 2 aromatic rings. The molecule has 1 aromatic heterocycles. The molecule has 0 unspecified atom stereocenters. The van der Waals surface area contributed by atoms with E-state index in [1.807, 2.05) is 0 Å². The van der Waals surface area contributed by atoms with Crippen molar-refractivity contribution in [1.29, 1.82) is 0 Å². The Hall–Kier alpha value is -2.25. The van der Waals surface area contributed by atoms with Crippen molar-refractivity contribution in [2.75, 3.05) is 13.1 Å². The topological polar surface area (TPSA) is 92.9 Å². The molecule has 0 radical (unpaired) electrons. The molecule has 1 aliphatic rings. The molecule has 0 bridgehead atoms. The van der Waals surface area contributed by atoms with Gasteiger partial charge in [0.25, 0.3) is 5.91 Å². The molecular weight excluding hydrogens is 371 g/mol. The molecule has 1 saturated heterocycles. The third kappa shape index (κ3) is 3.88. The van der Waals surface area contributed by atoms with Crippen molar-refractivity contribution in [3.05, 3.63) is 45.8 Å². The van der Waals surface area contributed by atoms with Crippen LogP contribution in [0.2, 0.25) is 10.0 Å². The minimum absolute atomic E-state index is 0.00147. The summed E-state index contributed by atoms with van der Waals surface area (Å²) in [6.45, 7) is 0.549. The van der Waals surface area contributed by atoms with E-state index >= 15 is 0 Å². The molecule has 7 nitrogen and oxygen atoms in total. The van der Waals surface area contributed by atoms with Gasteiger partial charge in [-0.1, -0.05) is 34.4 Å². The number of carbonyl (C=O) groups is 2. The summed E-state index contributed by atoms with van der Waals surface area (Å²) in [5.41, 5.74) is 0.106. The van der Waals surface area contributed by atoms with Crippen LogP contribution in [0, 0.1) is 5.92 Å². The van der Waals surface area contributed by atoms with Crippen molar-refractivity contribution >= 4 is 35.1 Å². The maximum absolute atomic E-state index is 12.3.